The minimum Gasteiger partial charge on any atom is -0.495 e. The molecule has 0 aliphatic heterocycles. The van der Waals surface area contributed by atoms with E-state index < -0.39 is 22.5 Å². The molecule has 2 rings (SSSR count). The highest BCUT2D eigenvalue weighted by Crippen LogP contribution is 2.32. The number of nitrogens with zero attached hydrogens (tertiary/aromatic N) is 1. The third-order valence-electron chi connectivity index (χ3n) is 4.32. The lowest BCUT2D eigenvalue weighted by Gasteiger charge is -2.24. The van der Waals surface area contributed by atoms with Crippen LogP contribution in [0.4, 0.5) is 5.69 Å². The maximum atomic E-state index is 12.4. The molecule has 0 saturated heterocycles. The lowest BCUT2D eigenvalue weighted by atomic mass is 10.0. The number of amides is 1. The van der Waals surface area contributed by atoms with Gasteiger partial charge >= 0.3 is 0 Å². The molecular formula is C21H27ClN2O5S. The standard InChI is InChI=1S/C21H27ClN2O5S/c1-15(2)17-7-5-6-8-19(17)29-12-11-23-21(25)14-24(30(4,26)27)18-13-16(22)9-10-20(18)28-3/h5-10,13,15H,11-12,14H2,1-4H3,(H,23,25). The summed E-state index contributed by atoms with van der Waals surface area (Å²) in [7, 11) is -2.33. The van der Waals surface area contributed by atoms with Gasteiger partial charge in [0.2, 0.25) is 15.9 Å². The lowest BCUT2D eigenvalue weighted by molar-refractivity contribution is -0.119. The molecule has 0 saturated carbocycles. The van der Waals surface area contributed by atoms with Crippen molar-refractivity contribution >= 4 is 33.2 Å². The Kier molecular flexibility index (Phi) is 8.37. The Balaban J connectivity index is 2.01. The van der Waals surface area contributed by atoms with Gasteiger partial charge in [0.05, 0.1) is 25.6 Å². The van der Waals surface area contributed by atoms with Crippen LogP contribution in [-0.4, -0.2) is 47.4 Å². The smallest absolute Gasteiger partial charge is 0.240 e. The number of carbonyl (C=O) groups is 1. The van der Waals surface area contributed by atoms with Crippen LogP contribution in [-0.2, 0) is 14.8 Å². The Bertz CT molecular complexity index is 979. The van der Waals surface area contributed by atoms with Crippen molar-refractivity contribution in [1.82, 2.24) is 5.32 Å². The molecule has 0 spiro atoms. The summed E-state index contributed by atoms with van der Waals surface area (Å²) in [5, 5.41) is 3.01. The number of anilines is 1. The molecule has 0 radical (unpaired) electrons. The van der Waals surface area contributed by atoms with Crippen molar-refractivity contribution in [3.8, 4) is 11.5 Å². The number of sulfonamides is 1. The van der Waals surface area contributed by atoms with Crippen molar-refractivity contribution in [1.29, 1.82) is 0 Å². The van der Waals surface area contributed by atoms with Crippen LogP contribution >= 0.6 is 11.6 Å². The van der Waals surface area contributed by atoms with Crippen LogP contribution in [0.1, 0.15) is 25.3 Å². The second kappa shape index (κ2) is 10.5. The molecule has 2 aromatic carbocycles. The number of rotatable bonds is 10. The molecule has 1 amide bonds. The van der Waals surface area contributed by atoms with Crippen LogP contribution < -0.4 is 19.1 Å². The first-order valence-electron chi connectivity index (χ1n) is 9.43. The SMILES string of the molecule is COc1ccc(Cl)cc1N(CC(=O)NCCOc1ccccc1C(C)C)S(C)(=O)=O. The minimum absolute atomic E-state index is 0.199. The summed E-state index contributed by atoms with van der Waals surface area (Å²) in [4.78, 5) is 12.4. The molecule has 164 valence electrons. The average Bonchev–Trinajstić information content (AvgIpc) is 2.68. The van der Waals surface area contributed by atoms with E-state index >= 15 is 0 Å². The highest BCUT2D eigenvalue weighted by atomic mass is 35.5. The van der Waals surface area contributed by atoms with Gasteiger partial charge in [-0.05, 0) is 35.7 Å². The van der Waals surface area contributed by atoms with Crippen LogP contribution in [0, 0.1) is 0 Å². The van der Waals surface area contributed by atoms with Gasteiger partial charge in [0, 0.05) is 5.02 Å². The van der Waals surface area contributed by atoms with Gasteiger partial charge in [0.15, 0.2) is 0 Å². The van der Waals surface area contributed by atoms with E-state index in [1.54, 1.807) is 12.1 Å². The number of carbonyl (C=O) groups excluding carboxylic acids is 1. The molecule has 1 N–H and O–H groups in total. The fourth-order valence-corrected chi connectivity index (χ4v) is 3.88. The molecule has 9 heteroatoms. The second-order valence-corrected chi connectivity index (χ2v) is 9.32. The lowest BCUT2D eigenvalue weighted by Crippen LogP contribution is -2.41. The van der Waals surface area contributed by atoms with Crippen LogP contribution in [0.25, 0.3) is 0 Å². The van der Waals surface area contributed by atoms with Gasteiger partial charge in [0.1, 0.15) is 24.7 Å². The van der Waals surface area contributed by atoms with E-state index in [0.29, 0.717) is 16.7 Å². The van der Waals surface area contributed by atoms with Crippen molar-refractivity contribution < 1.29 is 22.7 Å². The monoisotopic (exact) mass is 454 g/mol. The zero-order valence-corrected chi connectivity index (χ0v) is 19.1. The number of halogens is 1. The molecule has 0 bridgehead atoms. The van der Waals surface area contributed by atoms with E-state index in [0.717, 1.165) is 21.9 Å². The summed E-state index contributed by atoms with van der Waals surface area (Å²) in [6.45, 7) is 4.24. The average molecular weight is 455 g/mol. The van der Waals surface area contributed by atoms with Crippen molar-refractivity contribution in [3.63, 3.8) is 0 Å². The van der Waals surface area contributed by atoms with E-state index in [4.69, 9.17) is 21.1 Å². The van der Waals surface area contributed by atoms with Gasteiger partial charge in [-0.3, -0.25) is 9.10 Å². The molecule has 30 heavy (non-hydrogen) atoms. The molecule has 7 nitrogen and oxygen atoms in total. The number of nitrogens with one attached hydrogen (secondary N) is 1. The molecule has 0 atom stereocenters. The van der Waals surface area contributed by atoms with Crippen LogP contribution in [0.3, 0.4) is 0 Å². The first kappa shape index (κ1) is 23.8. The van der Waals surface area contributed by atoms with E-state index in [2.05, 4.69) is 19.2 Å². The van der Waals surface area contributed by atoms with Gasteiger partial charge in [0.25, 0.3) is 0 Å². The normalized spacial score (nSPS) is 11.3. The number of para-hydroxylation sites is 1. The zero-order chi connectivity index (χ0) is 22.3. The van der Waals surface area contributed by atoms with Crippen molar-refractivity contribution in [2.45, 2.75) is 19.8 Å². The van der Waals surface area contributed by atoms with Crippen LogP contribution in [0.15, 0.2) is 42.5 Å². The fraction of sp³-hybridized carbons (Fsp3) is 0.381. The number of benzene rings is 2. The summed E-state index contributed by atoms with van der Waals surface area (Å²) < 4.78 is 36.5. The van der Waals surface area contributed by atoms with Gasteiger partial charge < -0.3 is 14.8 Å². The molecular weight excluding hydrogens is 428 g/mol. The highest BCUT2D eigenvalue weighted by Gasteiger charge is 2.24. The molecule has 2 aromatic rings. The highest BCUT2D eigenvalue weighted by molar-refractivity contribution is 7.92. The van der Waals surface area contributed by atoms with Gasteiger partial charge in [-0.15, -0.1) is 0 Å². The molecule has 0 aromatic heterocycles. The third-order valence-corrected chi connectivity index (χ3v) is 5.68. The minimum atomic E-state index is -3.75. The predicted molar refractivity (Wildman–Crippen MR) is 119 cm³/mol. The summed E-state index contributed by atoms with van der Waals surface area (Å²) in [6.07, 6.45) is 1.02. The van der Waals surface area contributed by atoms with Gasteiger partial charge in [-0.25, -0.2) is 8.42 Å². The molecule has 0 unspecified atom stereocenters. The maximum Gasteiger partial charge on any atom is 0.240 e. The Labute approximate surface area is 183 Å². The molecule has 0 aliphatic carbocycles. The first-order chi connectivity index (χ1) is 14.1. The van der Waals surface area contributed by atoms with E-state index in [1.165, 1.54) is 13.2 Å². The predicted octanol–water partition coefficient (Wildman–Crippen LogP) is 3.43. The zero-order valence-electron chi connectivity index (χ0n) is 17.5. The Morgan fingerprint density at radius 1 is 1.17 bits per heavy atom. The third kappa shape index (κ3) is 6.53. The number of methoxy groups -OCH3 is 1. The van der Waals surface area contributed by atoms with Crippen LogP contribution in [0.5, 0.6) is 11.5 Å². The first-order valence-corrected chi connectivity index (χ1v) is 11.7. The maximum absolute atomic E-state index is 12.4. The number of hydrogen-bond donors (Lipinski definition) is 1. The number of hydrogen-bond acceptors (Lipinski definition) is 5. The Morgan fingerprint density at radius 3 is 2.50 bits per heavy atom. The summed E-state index contributed by atoms with van der Waals surface area (Å²) in [5.74, 6) is 0.907. The molecule has 0 heterocycles. The summed E-state index contributed by atoms with van der Waals surface area (Å²) >= 11 is 6.01. The summed E-state index contributed by atoms with van der Waals surface area (Å²) in [6, 6.07) is 12.3. The second-order valence-electron chi connectivity index (χ2n) is 6.98. The Hall–Kier alpha value is -2.45. The quantitative estimate of drug-likeness (QED) is 0.556. The topological polar surface area (TPSA) is 84.9 Å². The largest absolute Gasteiger partial charge is 0.495 e. The number of ether oxygens (including phenoxy) is 2. The molecule has 0 aliphatic rings. The van der Waals surface area contributed by atoms with E-state index in [-0.39, 0.29) is 18.8 Å². The fourth-order valence-electron chi connectivity index (χ4n) is 2.87. The van der Waals surface area contributed by atoms with Gasteiger partial charge in [-0.2, -0.15) is 0 Å². The van der Waals surface area contributed by atoms with Crippen molar-refractivity contribution in [2.24, 2.45) is 0 Å². The van der Waals surface area contributed by atoms with Crippen molar-refractivity contribution in [3.05, 3.63) is 53.1 Å². The van der Waals surface area contributed by atoms with Crippen LogP contribution in [0.2, 0.25) is 5.02 Å². The van der Waals surface area contributed by atoms with E-state index in [9.17, 15) is 13.2 Å². The Morgan fingerprint density at radius 2 is 1.87 bits per heavy atom. The molecule has 0 fully saturated rings. The van der Waals surface area contributed by atoms with Gasteiger partial charge in [-0.1, -0.05) is 43.6 Å². The van der Waals surface area contributed by atoms with Crippen molar-refractivity contribution in [2.75, 3.05) is 37.4 Å². The van der Waals surface area contributed by atoms with E-state index in [1.807, 2.05) is 24.3 Å². The summed E-state index contributed by atoms with van der Waals surface area (Å²) in [5.41, 5.74) is 1.28.